The Labute approximate surface area is 230 Å². The first-order chi connectivity index (χ1) is 17.5. The summed E-state index contributed by atoms with van der Waals surface area (Å²) in [5.74, 6) is 0.0547. The van der Waals surface area contributed by atoms with E-state index in [2.05, 4.69) is 54.5 Å². The van der Waals surface area contributed by atoms with Crippen molar-refractivity contribution in [3.8, 4) is 0 Å². The van der Waals surface area contributed by atoms with Crippen LogP contribution >= 0.6 is 0 Å². The SMILES string of the molecule is CO[C@@H]1C=C2[C@@H]3CC(C)(C)CC[C@]3(C(=O)O)CC[C@@]2(C)[C@]2(C)CC[C@H]3C(C)(C)[C@H](OC(C)=O)CC[C@]3(C)[C@@H]12. The highest BCUT2D eigenvalue weighted by Gasteiger charge is 2.71. The molecular weight excluding hydrogens is 476 g/mol. The van der Waals surface area contributed by atoms with Crippen LogP contribution in [0.5, 0.6) is 0 Å². The molecule has 0 heterocycles. The first-order valence-corrected chi connectivity index (χ1v) is 15.1. The zero-order chi connectivity index (χ0) is 28.1. The maximum atomic E-state index is 12.9. The Morgan fingerprint density at radius 2 is 1.58 bits per heavy atom. The van der Waals surface area contributed by atoms with Gasteiger partial charge in [0.1, 0.15) is 6.10 Å². The predicted octanol–water partition coefficient (Wildman–Crippen LogP) is 7.43. The first kappa shape index (κ1) is 28.2. The summed E-state index contributed by atoms with van der Waals surface area (Å²) in [6.45, 7) is 18.3. The van der Waals surface area contributed by atoms with Crippen LogP contribution in [0, 0.1) is 50.2 Å². The third-order valence-electron chi connectivity index (χ3n) is 13.5. The standard InChI is InChI=1S/C33H52O5/c1-20(34)38-25-11-12-30(6)24(29(25,4)5)10-13-32(8)26(30)23(37-9)18-21-22-19-28(2,3)14-16-33(22,27(35)36)17-15-31(21,32)7/h18,22-26H,10-17,19H2,1-9H3,(H,35,36)/t22-,23+,24-,25+,26+,30-,31+,32+,33-/m0/s1. The maximum absolute atomic E-state index is 12.9. The quantitative estimate of drug-likeness (QED) is 0.305. The minimum absolute atomic E-state index is 0.0135. The molecule has 0 aromatic heterocycles. The Kier molecular flexibility index (Phi) is 6.36. The van der Waals surface area contributed by atoms with Crippen LogP contribution in [-0.2, 0) is 19.1 Å². The van der Waals surface area contributed by atoms with Gasteiger partial charge < -0.3 is 14.6 Å². The molecule has 214 valence electrons. The minimum Gasteiger partial charge on any atom is -0.481 e. The third-order valence-corrected chi connectivity index (χ3v) is 13.5. The second-order valence-electron chi connectivity index (χ2n) is 16.0. The molecule has 0 aromatic carbocycles. The fourth-order valence-electron chi connectivity index (χ4n) is 11.3. The van der Waals surface area contributed by atoms with Crippen LogP contribution in [-0.4, -0.2) is 36.4 Å². The lowest BCUT2D eigenvalue weighted by atomic mass is 9.33. The van der Waals surface area contributed by atoms with E-state index in [1.54, 1.807) is 0 Å². The van der Waals surface area contributed by atoms with E-state index in [9.17, 15) is 14.7 Å². The summed E-state index contributed by atoms with van der Waals surface area (Å²) in [5, 5.41) is 10.6. The topological polar surface area (TPSA) is 72.8 Å². The van der Waals surface area contributed by atoms with Gasteiger partial charge in [-0.3, -0.25) is 9.59 Å². The van der Waals surface area contributed by atoms with Crippen molar-refractivity contribution in [1.29, 1.82) is 0 Å². The number of aliphatic carboxylic acids is 1. The molecule has 0 aliphatic heterocycles. The number of rotatable bonds is 3. The second-order valence-corrected chi connectivity index (χ2v) is 16.0. The molecule has 0 amide bonds. The van der Waals surface area contributed by atoms with Crippen molar-refractivity contribution in [3.05, 3.63) is 11.6 Å². The lowest BCUT2D eigenvalue weighted by Crippen LogP contribution is -2.68. The average molecular weight is 529 g/mol. The molecule has 5 aliphatic rings. The fourth-order valence-corrected chi connectivity index (χ4v) is 11.3. The van der Waals surface area contributed by atoms with Crippen molar-refractivity contribution in [1.82, 2.24) is 0 Å². The van der Waals surface area contributed by atoms with Gasteiger partial charge >= 0.3 is 11.9 Å². The van der Waals surface area contributed by atoms with Gasteiger partial charge in [0.2, 0.25) is 0 Å². The Balaban J connectivity index is 1.62. The number of methoxy groups -OCH3 is 1. The summed E-state index contributed by atoms with van der Waals surface area (Å²) in [7, 11) is 1.85. The van der Waals surface area contributed by atoms with E-state index in [0.717, 1.165) is 57.8 Å². The summed E-state index contributed by atoms with van der Waals surface area (Å²) >= 11 is 0. The van der Waals surface area contributed by atoms with Gasteiger partial charge in [0, 0.05) is 25.4 Å². The van der Waals surface area contributed by atoms with Crippen LogP contribution in [0.1, 0.15) is 113 Å². The van der Waals surface area contributed by atoms with Crippen LogP contribution in [0.3, 0.4) is 0 Å². The number of ether oxygens (including phenoxy) is 2. The molecule has 4 fully saturated rings. The highest BCUT2D eigenvalue weighted by Crippen LogP contribution is 2.76. The van der Waals surface area contributed by atoms with E-state index < -0.39 is 11.4 Å². The Bertz CT molecular complexity index is 1040. The summed E-state index contributed by atoms with van der Waals surface area (Å²) in [4.78, 5) is 24.9. The summed E-state index contributed by atoms with van der Waals surface area (Å²) in [6, 6.07) is 0. The van der Waals surface area contributed by atoms with Gasteiger partial charge in [-0.1, -0.05) is 60.1 Å². The smallest absolute Gasteiger partial charge is 0.310 e. The zero-order valence-electron chi connectivity index (χ0n) is 25.4. The molecule has 5 rings (SSSR count). The monoisotopic (exact) mass is 528 g/mol. The molecule has 0 radical (unpaired) electrons. The van der Waals surface area contributed by atoms with Gasteiger partial charge in [0.05, 0.1) is 11.5 Å². The molecule has 38 heavy (non-hydrogen) atoms. The van der Waals surface area contributed by atoms with Gasteiger partial charge in [-0.05, 0) is 91.3 Å². The summed E-state index contributed by atoms with van der Waals surface area (Å²) < 4.78 is 12.3. The van der Waals surface area contributed by atoms with Crippen molar-refractivity contribution in [2.24, 2.45) is 50.2 Å². The Morgan fingerprint density at radius 3 is 2.18 bits per heavy atom. The molecule has 1 N–H and O–H groups in total. The van der Waals surface area contributed by atoms with Crippen molar-refractivity contribution in [2.75, 3.05) is 7.11 Å². The van der Waals surface area contributed by atoms with Crippen LogP contribution in [0.15, 0.2) is 11.6 Å². The highest BCUT2D eigenvalue weighted by atomic mass is 16.5. The van der Waals surface area contributed by atoms with Crippen LogP contribution in [0.25, 0.3) is 0 Å². The van der Waals surface area contributed by atoms with E-state index in [1.165, 1.54) is 12.5 Å². The van der Waals surface area contributed by atoms with Gasteiger partial charge in [-0.25, -0.2) is 0 Å². The Hall–Kier alpha value is -1.36. The molecule has 4 saturated carbocycles. The lowest BCUT2D eigenvalue weighted by molar-refractivity contribution is -0.233. The van der Waals surface area contributed by atoms with E-state index in [0.29, 0.717) is 11.8 Å². The minimum atomic E-state index is -0.645. The van der Waals surface area contributed by atoms with Gasteiger partial charge in [0.25, 0.3) is 0 Å². The van der Waals surface area contributed by atoms with Gasteiger partial charge in [-0.15, -0.1) is 0 Å². The molecule has 0 spiro atoms. The van der Waals surface area contributed by atoms with Crippen molar-refractivity contribution >= 4 is 11.9 Å². The third kappa shape index (κ3) is 3.58. The van der Waals surface area contributed by atoms with E-state index >= 15 is 0 Å². The van der Waals surface area contributed by atoms with Crippen LogP contribution in [0.4, 0.5) is 0 Å². The number of esters is 1. The first-order valence-electron chi connectivity index (χ1n) is 15.1. The number of fused-ring (bicyclic) bond motifs is 7. The molecule has 0 bridgehead atoms. The number of carboxylic acid groups (broad SMARTS) is 1. The van der Waals surface area contributed by atoms with Gasteiger partial charge in [0.15, 0.2) is 0 Å². The summed E-state index contributed by atoms with van der Waals surface area (Å²) in [5.41, 5.74) is 0.792. The zero-order valence-corrected chi connectivity index (χ0v) is 25.4. The number of hydrogen-bond donors (Lipinski definition) is 1. The average Bonchev–Trinajstić information content (AvgIpc) is 2.80. The Morgan fingerprint density at radius 1 is 0.921 bits per heavy atom. The van der Waals surface area contributed by atoms with E-state index in [1.807, 2.05) is 7.11 Å². The number of carboxylic acids is 1. The predicted molar refractivity (Wildman–Crippen MR) is 148 cm³/mol. The van der Waals surface area contributed by atoms with Crippen molar-refractivity contribution in [2.45, 2.75) is 125 Å². The summed E-state index contributed by atoms with van der Waals surface area (Å²) in [6.07, 6.45) is 10.8. The second kappa shape index (κ2) is 8.57. The molecule has 0 saturated heterocycles. The largest absolute Gasteiger partial charge is 0.481 e. The van der Waals surface area contributed by atoms with Crippen molar-refractivity contribution < 1.29 is 24.2 Å². The molecule has 5 nitrogen and oxygen atoms in total. The molecular formula is C33H52O5. The van der Waals surface area contributed by atoms with Crippen LogP contribution in [0.2, 0.25) is 0 Å². The molecule has 0 aromatic rings. The number of carbonyl (C=O) groups excluding carboxylic acids is 1. The molecule has 9 atom stereocenters. The number of carbonyl (C=O) groups is 2. The number of hydrogen-bond acceptors (Lipinski definition) is 4. The van der Waals surface area contributed by atoms with E-state index in [4.69, 9.17) is 9.47 Å². The molecule has 0 unspecified atom stereocenters. The normalized spacial score (nSPS) is 48.9. The lowest BCUT2D eigenvalue weighted by Gasteiger charge is -2.72. The van der Waals surface area contributed by atoms with Gasteiger partial charge in [-0.2, -0.15) is 0 Å². The van der Waals surface area contributed by atoms with E-state index in [-0.39, 0.29) is 51.2 Å². The fraction of sp³-hybridized carbons (Fsp3) is 0.879. The maximum Gasteiger partial charge on any atom is 0.310 e. The van der Waals surface area contributed by atoms with Crippen molar-refractivity contribution in [3.63, 3.8) is 0 Å². The highest BCUT2D eigenvalue weighted by molar-refractivity contribution is 5.76. The van der Waals surface area contributed by atoms with Crippen LogP contribution < -0.4 is 0 Å². The number of allylic oxidation sites excluding steroid dienone is 1. The molecule has 5 aliphatic carbocycles. The molecule has 5 heteroatoms.